The Morgan fingerprint density at radius 2 is 2.00 bits per heavy atom. The average molecular weight is 343 g/mol. The molecule has 0 saturated carbocycles. The van der Waals surface area contributed by atoms with Gasteiger partial charge in [-0.1, -0.05) is 17.7 Å². The predicted molar refractivity (Wildman–Crippen MR) is 90.9 cm³/mol. The zero-order chi connectivity index (χ0) is 16.7. The van der Waals surface area contributed by atoms with Crippen molar-refractivity contribution in [2.24, 2.45) is 0 Å². The third-order valence-electron chi connectivity index (χ3n) is 3.42. The lowest BCUT2D eigenvalue weighted by Crippen LogP contribution is -2.40. The van der Waals surface area contributed by atoms with Gasteiger partial charge in [-0.25, -0.2) is 9.37 Å². The van der Waals surface area contributed by atoms with Crippen molar-refractivity contribution in [2.75, 3.05) is 0 Å². The monoisotopic (exact) mass is 342 g/mol. The summed E-state index contributed by atoms with van der Waals surface area (Å²) < 4.78 is 28.8. The molecule has 3 nitrogen and oxygen atoms in total. The number of pyridine rings is 1. The third kappa shape index (κ3) is 3.54. The van der Waals surface area contributed by atoms with Crippen LogP contribution in [-0.4, -0.2) is 14.3 Å². The van der Waals surface area contributed by atoms with E-state index in [1.54, 1.807) is 12.1 Å². The van der Waals surface area contributed by atoms with Gasteiger partial charge < -0.3 is 4.55 Å². The largest absolute Gasteiger partial charge is 0.598 e. The highest BCUT2D eigenvalue weighted by Crippen LogP contribution is 2.30. The molecule has 0 aliphatic rings. The maximum atomic E-state index is 14.0. The number of aromatic nitrogens is 1. The second-order valence-corrected chi connectivity index (χ2v) is 8.71. The van der Waals surface area contributed by atoms with Gasteiger partial charge in [-0.15, -0.1) is 4.72 Å². The quantitative estimate of drug-likeness (QED) is 0.662. The Labute approximate surface area is 138 Å². The second-order valence-electron chi connectivity index (χ2n) is 6.35. The van der Waals surface area contributed by atoms with Crippen LogP contribution >= 0.6 is 11.6 Å². The van der Waals surface area contributed by atoms with E-state index in [1.807, 2.05) is 34.6 Å². The van der Waals surface area contributed by atoms with E-state index in [1.165, 1.54) is 6.07 Å². The average Bonchev–Trinajstić information content (AvgIpc) is 2.41. The molecule has 2 atom stereocenters. The number of aryl methyl sites for hydroxylation is 1. The molecule has 1 N–H and O–H groups in total. The van der Waals surface area contributed by atoms with Gasteiger partial charge in [0.1, 0.15) is 15.7 Å². The van der Waals surface area contributed by atoms with Crippen molar-refractivity contribution in [1.82, 2.24) is 9.71 Å². The molecule has 2 rings (SSSR count). The van der Waals surface area contributed by atoms with Crippen molar-refractivity contribution in [1.29, 1.82) is 0 Å². The molecular formula is C16H20ClFN2OS. The van der Waals surface area contributed by atoms with Gasteiger partial charge >= 0.3 is 0 Å². The molecule has 1 aromatic carbocycles. The molecule has 0 aliphatic carbocycles. The van der Waals surface area contributed by atoms with Gasteiger partial charge in [0.25, 0.3) is 0 Å². The van der Waals surface area contributed by atoms with Crippen LogP contribution < -0.4 is 4.72 Å². The summed E-state index contributed by atoms with van der Waals surface area (Å²) >= 11 is 5.00. The molecule has 0 spiro atoms. The van der Waals surface area contributed by atoms with Crippen LogP contribution in [0.25, 0.3) is 10.9 Å². The van der Waals surface area contributed by atoms with Gasteiger partial charge in [0.2, 0.25) is 0 Å². The summed E-state index contributed by atoms with van der Waals surface area (Å²) in [7, 11) is 0. The Hall–Kier alpha value is -0.880. The minimum absolute atomic E-state index is 0.298. The van der Waals surface area contributed by atoms with Gasteiger partial charge in [0, 0.05) is 22.3 Å². The van der Waals surface area contributed by atoms with Crippen molar-refractivity contribution in [3.63, 3.8) is 0 Å². The van der Waals surface area contributed by atoms with Crippen molar-refractivity contribution in [3.8, 4) is 0 Å². The minimum Gasteiger partial charge on any atom is -0.598 e. The number of hydrogen-bond donors (Lipinski definition) is 1. The SMILES string of the molecule is Cc1ccc(F)c2cc([C@H](C)N[S+]([O-])C(C)(C)C)c(Cl)nc12. The van der Waals surface area contributed by atoms with Crippen LogP contribution in [0.1, 0.15) is 44.9 Å². The predicted octanol–water partition coefficient (Wildman–Crippen LogP) is 4.45. The number of nitrogens with zero attached hydrogens (tertiary/aromatic N) is 1. The number of rotatable bonds is 3. The van der Waals surface area contributed by atoms with Gasteiger partial charge in [0.05, 0.1) is 11.6 Å². The van der Waals surface area contributed by atoms with Gasteiger partial charge in [-0.2, -0.15) is 0 Å². The van der Waals surface area contributed by atoms with E-state index >= 15 is 0 Å². The maximum Gasteiger partial charge on any atom is 0.136 e. The number of benzene rings is 1. The molecule has 1 aromatic heterocycles. The van der Waals surface area contributed by atoms with E-state index in [-0.39, 0.29) is 11.9 Å². The summed E-state index contributed by atoms with van der Waals surface area (Å²) in [4.78, 5) is 4.31. The second kappa shape index (κ2) is 6.32. The Morgan fingerprint density at radius 1 is 1.36 bits per heavy atom. The molecule has 0 radical (unpaired) electrons. The van der Waals surface area contributed by atoms with Crippen LogP contribution in [0.2, 0.25) is 5.15 Å². The van der Waals surface area contributed by atoms with E-state index in [0.29, 0.717) is 21.6 Å². The minimum atomic E-state index is -1.25. The summed E-state index contributed by atoms with van der Waals surface area (Å²) in [6, 6.07) is 4.48. The van der Waals surface area contributed by atoms with E-state index in [4.69, 9.17) is 11.6 Å². The highest BCUT2D eigenvalue weighted by Gasteiger charge is 2.29. The Kier molecular flexibility index (Phi) is 5.02. The molecule has 0 fully saturated rings. The summed E-state index contributed by atoms with van der Waals surface area (Å²) in [6.45, 7) is 9.34. The Morgan fingerprint density at radius 3 is 2.59 bits per heavy atom. The molecule has 1 unspecified atom stereocenters. The highest BCUT2D eigenvalue weighted by molar-refractivity contribution is 7.90. The van der Waals surface area contributed by atoms with Crippen LogP contribution in [0.5, 0.6) is 0 Å². The number of hydrogen-bond acceptors (Lipinski definition) is 3. The standard InChI is InChI=1S/C16H20ClFN2OS/c1-9-6-7-13(18)12-8-11(15(17)19-14(9)12)10(2)20-22(21)16(3,4)5/h6-8,10,20H,1-5H3/t10-,22?/m0/s1. The van der Waals surface area contributed by atoms with Crippen molar-refractivity contribution >= 4 is 33.9 Å². The molecule has 22 heavy (non-hydrogen) atoms. The Bertz CT molecular complexity index is 703. The lowest BCUT2D eigenvalue weighted by atomic mass is 10.1. The summed E-state index contributed by atoms with van der Waals surface area (Å²) in [6.07, 6.45) is 0. The molecular weight excluding hydrogens is 323 g/mol. The lowest BCUT2D eigenvalue weighted by molar-refractivity contribution is 0.531. The van der Waals surface area contributed by atoms with Crippen LogP contribution in [0.15, 0.2) is 18.2 Å². The normalized spacial score (nSPS) is 15.1. The highest BCUT2D eigenvalue weighted by atomic mass is 35.5. The zero-order valence-corrected chi connectivity index (χ0v) is 14.9. The van der Waals surface area contributed by atoms with Crippen molar-refractivity contribution < 1.29 is 8.94 Å². The molecule has 0 amide bonds. The fourth-order valence-electron chi connectivity index (χ4n) is 2.06. The Balaban J connectivity index is 2.43. The third-order valence-corrected chi connectivity index (χ3v) is 5.40. The fourth-order valence-corrected chi connectivity index (χ4v) is 3.16. The van der Waals surface area contributed by atoms with Crippen molar-refractivity contribution in [2.45, 2.75) is 45.4 Å². The summed E-state index contributed by atoms with van der Waals surface area (Å²) in [5, 5.41) is 0.724. The first kappa shape index (κ1) is 17.5. The van der Waals surface area contributed by atoms with Gasteiger partial charge in [-0.3, -0.25) is 0 Å². The van der Waals surface area contributed by atoms with E-state index in [2.05, 4.69) is 9.71 Å². The zero-order valence-electron chi connectivity index (χ0n) is 13.3. The van der Waals surface area contributed by atoms with Crippen LogP contribution in [-0.2, 0) is 11.4 Å². The van der Waals surface area contributed by atoms with Crippen LogP contribution in [0, 0.1) is 12.7 Å². The first-order chi connectivity index (χ1) is 10.1. The molecule has 0 saturated heterocycles. The smallest absolute Gasteiger partial charge is 0.136 e. The first-order valence-electron chi connectivity index (χ1n) is 7.04. The van der Waals surface area contributed by atoms with Gasteiger partial charge in [-0.05, 0) is 52.3 Å². The van der Waals surface area contributed by atoms with Crippen LogP contribution in [0.4, 0.5) is 4.39 Å². The molecule has 2 aromatic rings. The van der Waals surface area contributed by atoms with E-state index in [9.17, 15) is 8.94 Å². The topological polar surface area (TPSA) is 48.0 Å². The van der Waals surface area contributed by atoms with Gasteiger partial charge in [0.15, 0.2) is 0 Å². The van der Waals surface area contributed by atoms with E-state index < -0.39 is 16.1 Å². The molecule has 0 bridgehead atoms. The van der Waals surface area contributed by atoms with Crippen LogP contribution in [0.3, 0.4) is 0 Å². The maximum absolute atomic E-state index is 14.0. The lowest BCUT2D eigenvalue weighted by Gasteiger charge is -2.26. The molecule has 1 heterocycles. The first-order valence-corrected chi connectivity index (χ1v) is 8.57. The van der Waals surface area contributed by atoms with E-state index in [0.717, 1.165) is 5.56 Å². The van der Waals surface area contributed by atoms with Crippen molar-refractivity contribution in [3.05, 3.63) is 40.3 Å². The number of nitrogens with one attached hydrogen (secondary N) is 1. The molecule has 0 aliphatic heterocycles. The summed E-state index contributed by atoms with van der Waals surface area (Å²) in [5.74, 6) is -0.338. The molecule has 120 valence electrons. The molecule has 6 heteroatoms. The number of fused-ring (bicyclic) bond motifs is 1. The summed E-state index contributed by atoms with van der Waals surface area (Å²) in [5.41, 5.74) is 2.05. The fraction of sp³-hybridized carbons (Fsp3) is 0.438. The number of halogens is 2.